The van der Waals surface area contributed by atoms with Gasteiger partial charge in [0.15, 0.2) is 0 Å². The van der Waals surface area contributed by atoms with E-state index in [0.717, 1.165) is 16.7 Å². The summed E-state index contributed by atoms with van der Waals surface area (Å²) in [4.78, 5) is 25.1. The summed E-state index contributed by atoms with van der Waals surface area (Å²) in [6.07, 6.45) is 0.961. The van der Waals surface area contributed by atoms with E-state index in [1.165, 1.54) is 11.1 Å². The van der Waals surface area contributed by atoms with Crippen molar-refractivity contribution in [2.45, 2.75) is 71.5 Å². The van der Waals surface area contributed by atoms with Crippen LogP contribution in [0.25, 0.3) is 11.1 Å². The molecule has 0 aromatic heterocycles. The van der Waals surface area contributed by atoms with E-state index in [0.29, 0.717) is 30.7 Å². The Labute approximate surface area is 225 Å². The van der Waals surface area contributed by atoms with Crippen molar-refractivity contribution in [3.05, 3.63) is 83.4 Å². The van der Waals surface area contributed by atoms with E-state index in [4.69, 9.17) is 14.2 Å². The standard InChI is InChI=1S/C32H37NO5/c1-21(2)37-23-18-17-22(11-10-16-30(34)38-32(3,4)5)29(19-23)33-31(35)36-20-28-26-14-8-6-12-24(26)25-13-7-9-15-27(25)28/h6-9,12-15,17-19,21,28H,10-11,16,20H2,1-5H3,(H,33,35). The number of benzene rings is 3. The Bertz CT molecular complexity index is 1250. The molecule has 1 aliphatic carbocycles. The van der Waals surface area contributed by atoms with E-state index in [9.17, 15) is 9.59 Å². The van der Waals surface area contributed by atoms with E-state index < -0.39 is 11.7 Å². The molecule has 1 amide bonds. The van der Waals surface area contributed by atoms with Crippen molar-refractivity contribution in [3.63, 3.8) is 0 Å². The van der Waals surface area contributed by atoms with Gasteiger partial charge in [-0.2, -0.15) is 0 Å². The number of rotatable bonds is 9. The number of amides is 1. The van der Waals surface area contributed by atoms with Gasteiger partial charge in [0.1, 0.15) is 18.0 Å². The first kappa shape index (κ1) is 27.2. The summed E-state index contributed by atoms with van der Waals surface area (Å²) in [7, 11) is 0. The molecule has 0 unspecified atom stereocenters. The Morgan fingerprint density at radius 3 is 2.16 bits per heavy atom. The number of fused-ring (bicyclic) bond motifs is 3. The molecular weight excluding hydrogens is 478 g/mol. The normalized spacial score (nSPS) is 12.6. The van der Waals surface area contributed by atoms with Gasteiger partial charge in [0.2, 0.25) is 0 Å². The highest BCUT2D eigenvalue weighted by Gasteiger charge is 2.29. The van der Waals surface area contributed by atoms with Gasteiger partial charge in [0.05, 0.1) is 11.8 Å². The number of aryl methyl sites for hydroxylation is 1. The molecule has 0 heterocycles. The number of esters is 1. The fourth-order valence-corrected chi connectivity index (χ4v) is 4.80. The van der Waals surface area contributed by atoms with E-state index in [-0.39, 0.29) is 24.6 Å². The Morgan fingerprint density at radius 2 is 1.55 bits per heavy atom. The number of nitrogens with one attached hydrogen (secondary N) is 1. The maximum absolute atomic E-state index is 13.0. The smallest absolute Gasteiger partial charge is 0.411 e. The number of carbonyl (C=O) groups is 2. The molecule has 200 valence electrons. The second-order valence-electron chi connectivity index (χ2n) is 10.9. The number of ether oxygens (including phenoxy) is 3. The Hall–Kier alpha value is -3.80. The van der Waals surface area contributed by atoms with Crippen LogP contribution in [0.3, 0.4) is 0 Å². The minimum atomic E-state index is -0.526. The molecule has 0 saturated heterocycles. The minimum Gasteiger partial charge on any atom is -0.491 e. The molecular formula is C32H37NO5. The lowest BCUT2D eigenvalue weighted by Gasteiger charge is -2.19. The quantitative estimate of drug-likeness (QED) is 0.299. The minimum absolute atomic E-state index is 0.00433. The lowest BCUT2D eigenvalue weighted by atomic mass is 9.98. The van der Waals surface area contributed by atoms with Crippen LogP contribution in [0.1, 0.15) is 70.1 Å². The van der Waals surface area contributed by atoms with Crippen LogP contribution < -0.4 is 10.1 Å². The lowest BCUT2D eigenvalue weighted by Crippen LogP contribution is -2.23. The zero-order valence-electron chi connectivity index (χ0n) is 22.9. The van der Waals surface area contributed by atoms with Gasteiger partial charge in [0, 0.05) is 18.4 Å². The van der Waals surface area contributed by atoms with E-state index in [2.05, 4.69) is 29.6 Å². The molecule has 3 aromatic rings. The summed E-state index contributed by atoms with van der Waals surface area (Å²) in [5.41, 5.74) is 5.70. The lowest BCUT2D eigenvalue weighted by molar-refractivity contribution is -0.154. The van der Waals surface area contributed by atoms with Gasteiger partial charge < -0.3 is 14.2 Å². The van der Waals surface area contributed by atoms with Crippen LogP contribution in [-0.2, 0) is 20.7 Å². The van der Waals surface area contributed by atoms with Crippen molar-refractivity contribution in [1.29, 1.82) is 0 Å². The first-order valence-electron chi connectivity index (χ1n) is 13.2. The molecule has 0 aliphatic heterocycles. The van der Waals surface area contributed by atoms with Crippen LogP contribution in [0.15, 0.2) is 66.7 Å². The van der Waals surface area contributed by atoms with Crippen LogP contribution in [0.5, 0.6) is 5.75 Å². The average Bonchev–Trinajstić information content (AvgIpc) is 3.16. The zero-order valence-corrected chi connectivity index (χ0v) is 22.9. The van der Waals surface area contributed by atoms with Crippen molar-refractivity contribution in [1.82, 2.24) is 0 Å². The predicted molar refractivity (Wildman–Crippen MR) is 150 cm³/mol. The maximum atomic E-state index is 13.0. The molecule has 38 heavy (non-hydrogen) atoms. The second-order valence-corrected chi connectivity index (χ2v) is 10.9. The highest BCUT2D eigenvalue weighted by molar-refractivity contribution is 5.86. The number of carbonyl (C=O) groups excluding carboxylic acids is 2. The number of anilines is 1. The highest BCUT2D eigenvalue weighted by atomic mass is 16.6. The molecule has 0 saturated carbocycles. The fraction of sp³-hybridized carbons (Fsp3) is 0.375. The van der Waals surface area contributed by atoms with Gasteiger partial charge in [-0.15, -0.1) is 0 Å². The van der Waals surface area contributed by atoms with Gasteiger partial charge in [0.25, 0.3) is 0 Å². The van der Waals surface area contributed by atoms with Crippen LogP contribution in [-0.4, -0.2) is 30.4 Å². The largest absolute Gasteiger partial charge is 0.491 e. The zero-order chi connectivity index (χ0) is 27.3. The van der Waals surface area contributed by atoms with Crippen molar-refractivity contribution >= 4 is 17.7 Å². The van der Waals surface area contributed by atoms with Gasteiger partial charge in [-0.25, -0.2) is 4.79 Å². The Morgan fingerprint density at radius 1 is 0.921 bits per heavy atom. The third kappa shape index (κ3) is 6.94. The van der Waals surface area contributed by atoms with Gasteiger partial charge in [-0.1, -0.05) is 54.6 Å². The van der Waals surface area contributed by atoms with Gasteiger partial charge in [-0.05, 0) is 81.3 Å². The van der Waals surface area contributed by atoms with Gasteiger partial charge >= 0.3 is 12.1 Å². The molecule has 0 radical (unpaired) electrons. The summed E-state index contributed by atoms with van der Waals surface area (Å²) < 4.78 is 17.0. The molecule has 0 atom stereocenters. The predicted octanol–water partition coefficient (Wildman–Crippen LogP) is 7.50. The van der Waals surface area contributed by atoms with Crippen LogP contribution in [0, 0.1) is 0 Å². The summed E-state index contributed by atoms with van der Waals surface area (Å²) >= 11 is 0. The molecule has 6 nitrogen and oxygen atoms in total. The van der Waals surface area contributed by atoms with E-state index in [1.807, 2.05) is 77.1 Å². The molecule has 0 bridgehead atoms. The summed E-state index contributed by atoms with van der Waals surface area (Å²) in [5, 5.41) is 2.92. The van der Waals surface area contributed by atoms with E-state index in [1.54, 1.807) is 0 Å². The highest BCUT2D eigenvalue weighted by Crippen LogP contribution is 2.44. The first-order chi connectivity index (χ1) is 18.1. The van der Waals surface area contributed by atoms with Crippen molar-refractivity contribution in [2.24, 2.45) is 0 Å². The number of hydrogen-bond donors (Lipinski definition) is 1. The Kier molecular flexibility index (Phi) is 8.40. The van der Waals surface area contributed by atoms with E-state index >= 15 is 0 Å². The second kappa shape index (κ2) is 11.7. The van der Waals surface area contributed by atoms with Crippen LogP contribution >= 0.6 is 0 Å². The molecule has 1 N–H and O–H groups in total. The SMILES string of the molecule is CC(C)Oc1ccc(CCCC(=O)OC(C)(C)C)c(NC(=O)OCC2c3ccccc3-c3ccccc32)c1. The maximum Gasteiger partial charge on any atom is 0.411 e. The Balaban J connectivity index is 1.43. The summed E-state index contributed by atoms with van der Waals surface area (Å²) in [5.74, 6) is 0.408. The van der Waals surface area contributed by atoms with Crippen molar-refractivity contribution in [3.8, 4) is 16.9 Å². The van der Waals surface area contributed by atoms with Crippen LogP contribution in [0.4, 0.5) is 10.5 Å². The first-order valence-corrected chi connectivity index (χ1v) is 13.2. The van der Waals surface area contributed by atoms with Gasteiger partial charge in [-0.3, -0.25) is 10.1 Å². The summed E-state index contributed by atoms with van der Waals surface area (Å²) in [6.45, 7) is 9.70. The third-order valence-electron chi connectivity index (χ3n) is 6.28. The molecule has 0 spiro atoms. The fourth-order valence-electron chi connectivity index (χ4n) is 4.80. The third-order valence-corrected chi connectivity index (χ3v) is 6.28. The summed E-state index contributed by atoms with van der Waals surface area (Å²) in [6, 6.07) is 22.1. The molecule has 3 aromatic carbocycles. The van der Waals surface area contributed by atoms with Crippen LogP contribution in [0.2, 0.25) is 0 Å². The molecule has 4 rings (SSSR count). The van der Waals surface area contributed by atoms with Crippen molar-refractivity contribution < 1.29 is 23.8 Å². The molecule has 0 fully saturated rings. The topological polar surface area (TPSA) is 73.9 Å². The molecule has 6 heteroatoms. The van der Waals surface area contributed by atoms with Crippen molar-refractivity contribution in [2.75, 3.05) is 11.9 Å². The number of hydrogen-bond acceptors (Lipinski definition) is 5. The monoisotopic (exact) mass is 515 g/mol. The molecule has 1 aliphatic rings. The average molecular weight is 516 g/mol.